The molecule has 0 bridgehead atoms. The Morgan fingerprint density at radius 1 is 1.07 bits per heavy atom. The van der Waals surface area contributed by atoms with E-state index in [0.717, 1.165) is 5.56 Å². The lowest BCUT2D eigenvalue weighted by molar-refractivity contribution is -0.133. The number of rotatable bonds is 6. The molecule has 2 aromatic carbocycles. The molecular weight excluding hydrogens is 360 g/mol. The fourth-order valence-corrected chi connectivity index (χ4v) is 2.87. The maximum Gasteiger partial charge on any atom is 0.339 e. The summed E-state index contributed by atoms with van der Waals surface area (Å²) in [5.74, 6) is -0.413. The van der Waals surface area contributed by atoms with E-state index in [4.69, 9.17) is 9.47 Å². The maximum absolute atomic E-state index is 12.4. The molecule has 0 unspecified atom stereocenters. The molecule has 1 heterocycles. The first-order valence-corrected chi connectivity index (χ1v) is 8.64. The van der Waals surface area contributed by atoms with Crippen LogP contribution in [-0.2, 0) is 16.1 Å². The van der Waals surface area contributed by atoms with E-state index < -0.39 is 18.1 Å². The molecule has 144 valence electrons. The molecule has 7 nitrogen and oxygen atoms in total. The van der Waals surface area contributed by atoms with Crippen molar-refractivity contribution in [3.05, 3.63) is 76.1 Å². The SMILES string of the molecule is COc1ccccc1CN(C)C(=O)COC(=O)c1cc(=O)[nH]c2ccccc12. The van der Waals surface area contributed by atoms with E-state index in [-0.39, 0.29) is 11.5 Å². The molecule has 1 N–H and O–H groups in total. The van der Waals surface area contributed by atoms with Gasteiger partial charge in [0.05, 0.1) is 12.7 Å². The Bertz CT molecular complexity index is 1070. The second-order valence-electron chi connectivity index (χ2n) is 6.23. The third-order valence-corrected chi connectivity index (χ3v) is 4.32. The summed E-state index contributed by atoms with van der Waals surface area (Å²) < 4.78 is 10.4. The quantitative estimate of drug-likeness (QED) is 0.663. The van der Waals surface area contributed by atoms with Crippen LogP contribution < -0.4 is 10.3 Å². The van der Waals surface area contributed by atoms with Crippen molar-refractivity contribution in [1.82, 2.24) is 9.88 Å². The highest BCUT2D eigenvalue weighted by Gasteiger charge is 2.17. The van der Waals surface area contributed by atoms with Gasteiger partial charge in [-0.05, 0) is 12.1 Å². The zero-order valence-electron chi connectivity index (χ0n) is 15.6. The van der Waals surface area contributed by atoms with E-state index >= 15 is 0 Å². The Labute approximate surface area is 161 Å². The van der Waals surface area contributed by atoms with Gasteiger partial charge in [0.1, 0.15) is 5.75 Å². The third-order valence-electron chi connectivity index (χ3n) is 4.32. The second kappa shape index (κ2) is 8.39. The molecule has 0 saturated carbocycles. The van der Waals surface area contributed by atoms with Crippen molar-refractivity contribution >= 4 is 22.8 Å². The van der Waals surface area contributed by atoms with Gasteiger partial charge in [-0.25, -0.2) is 4.79 Å². The predicted molar refractivity (Wildman–Crippen MR) is 104 cm³/mol. The van der Waals surface area contributed by atoms with Gasteiger partial charge in [0.25, 0.3) is 5.91 Å². The molecule has 0 aliphatic rings. The molecule has 1 aromatic heterocycles. The Hall–Kier alpha value is -3.61. The van der Waals surface area contributed by atoms with Crippen LogP contribution in [-0.4, -0.2) is 42.5 Å². The second-order valence-corrected chi connectivity index (χ2v) is 6.23. The van der Waals surface area contributed by atoms with Crippen LogP contribution in [0, 0.1) is 0 Å². The van der Waals surface area contributed by atoms with Crippen LogP contribution in [0.1, 0.15) is 15.9 Å². The Morgan fingerprint density at radius 3 is 2.57 bits per heavy atom. The molecule has 3 aromatic rings. The number of nitrogens with zero attached hydrogens (tertiary/aromatic N) is 1. The van der Waals surface area contributed by atoms with Gasteiger partial charge < -0.3 is 19.4 Å². The smallest absolute Gasteiger partial charge is 0.339 e. The first-order valence-electron chi connectivity index (χ1n) is 8.64. The van der Waals surface area contributed by atoms with Gasteiger partial charge >= 0.3 is 5.97 Å². The molecule has 0 fully saturated rings. The largest absolute Gasteiger partial charge is 0.496 e. The number of hydrogen-bond acceptors (Lipinski definition) is 5. The Morgan fingerprint density at radius 2 is 1.79 bits per heavy atom. The molecule has 0 radical (unpaired) electrons. The number of hydrogen-bond donors (Lipinski definition) is 1. The lowest BCUT2D eigenvalue weighted by Crippen LogP contribution is -2.31. The number of H-pyrrole nitrogens is 1. The van der Waals surface area contributed by atoms with Crippen LogP contribution in [0.4, 0.5) is 0 Å². The molecule has 7 heteroatoms. The summed E-state index contributed by atoms with van der Waals surface area (Å²) in [5.41, 5.74) is 1.08. The molecule has 0 spiro atoms. The number of para-hydroxylation sites is 2. The minimum Gasteiger partial charge on any atom is -0.496 e. The van der Waals surface area contributed by atoms with E-state index in [9.17, 15) is 14.4 Å². The summed E-state index contributed by atoms with van der Waals surface area (Å²) in [6.45, 7) is -0.111. The molecular formula is C21H20N2O5. The number of fused-ring (bicyclic) bond motifs is 1. The lowest BCUT2D eigenvalue weighted by atomic mass is 10.1. The van der Waals surface area contributed by atoms with Gasteiger partial charge in [-0.15, -0.1) is 0 Å². The maximum atomic E-state index is 12.4. The number of methoxy groups -OCH3 is 1. The minimum absolute atomic E-state index is 0.125. The fraction of sp³-hybridized carbons (Fsp3) is 0.190. The Balaban J connectivity index is 1.68. The lowest BCUT2D eigenvalue weighted by Gasteiger charge is -2.18. The van der Waals surface area contributed by atoms with Crippen LogP contribution in [0.15, 0.2) is 59.4 Å². The average Bonchev–Trinajstić information content (AvgIpc) is 2.71. The Kier molecular flexibility index (Phi) is 5.74. The van der Waals surface area contributed by atoms with Gasteiger partial charge in [0.2, 0.25) is 5.56 Å². The number of likely N-dealkylation sites (N-methyl/N-ethyl adjacent to an activating group) is 1. The van der Waals surface area contributed by atoms with Gasteiger partial charge in [0.15, 0.2) is 6.61 Å². The molecule has 0 aliphatic carbocycles. The standard InChI is InChI=1S/C21H20N2O5/c1-23(12-14-7-3-6-10-18(14)27-2)20(25)13-28-21(26)16-11-19(24)22-17-9-5-4-8-15(16)17/h3-11H,12-13H2,1-2H3,(H,22,24). The van der Waals surface area contributed by atoms with Crippen molar-refractivity contribution in [2.75, 3.05) is 20.8 Å². The van der Waals surface area contributed by atoms with E-state index in [1.54, 1.807) is 38.4 Å². The average molecular weight is 380 g/mol. The first-order chi connectivity index (χ1) is 13.5. The zero-order valence-corrected chi connectivity index (χ0v) is 15.6. The predicted octanol–water partition coefficient (Wildman–Crippen LogP) is 2.35. The summed E-state index contributed by atoms with van der Waals surface area (Å²) in [6.07, 6.45) is 0. The van der Waals surface area contributed by atoms with Crippen molar-refractivity contribution in [3.8, 4) is 5.75 Å². The molecule has 0 atom stereocenters. The number of carbonyl (C=O) groups is 2. The van der Waals surface area contributed by atoms with Crippen LogP contribution in [0.5, 0.6) is 5.75 Å². The monoisotopic (exact) mass is 380 g/mol. The number of nitrogens with one attached hydrogen (secondary N) is 1. The summed E-state index contributed by atoms with van der Waals surface area (Å²) in [6, 6.07) is 15.5. The number of amides is 1. The number of ether oxygens (including phenoxy) is 2. The number of benzene rings is 2. The van der Waals surface area contributed by atoms with Crippen molar-refractivity contribution < 1.29 is 19.1 Å². The van der Waals surface area contributed by atoms with E-state index in [1.807, 2.05) is 24.3 Å². The summed E-state index contributed by atoms with van der Waals surface area (Å²) in [4.78, 5) is 40.7. The van der Waals surface area contributed by atoms with E-state index in [2.05, 4.69) is 4.98 Å². The molecule has 1 amide bonds. The molecule has 0 saturated heterocycles. The van der Waals surface area contributed by atoms with E-state index in [0.29, 0.717) is 23.2 Å². The number of aromatic nitrogens is 1. The number of pyridine rings is 1. The fourth-order valence-electron chi connectivity index (χ4n) is 2.87. The zero-order chi connectivity index (χ0) is 20.1. The normalized spacial score (nSPS) is 10.5. The van der Waals surface area contributed by atoms with Gasteiger partial charge in [0, 0.05) is 36.1 Å². The van der Waals surface area contributed by atoms with Gasteiger partial charge in [-0.1, -0.05) is 36.4 Å². The minimum atomic E-state index is -0.721. The number of esters is 1. The molecule has 0 aliphatic heterocycles. The van der Waals surface area contributed by atoms with Crippen LogP contribution in [0.3, 0.4) is 0 Å². The van der Waals surface area contributed by atoms with Crippen molar-refractivity contribution in [2.24, 2.45) is 0 Å². The first kappa shape index (κ1) is 19.2. The summed E-state index contributed by atoms with van der Waals surface area (Å²) >= 11 is 0. The van der Waals surface area contributed by atoms with Crippen LogP contribution in [0.2, 0.25) is 0 Å². The van der Waals surface area contributed by atoms with Crippen LogP contribution >= 0.6 is 0 Å². The van der Waals surface area contributed by atoms with Gasteiger partial charge in [-0.2, -0.15) is 0 Å². The van der Waals surface area contributed by atoms with Gasteiger partial charge in [-0.3, -0.25) is 9.59 Å². The highest BCUT2D eigenvalue weighted by Crippen LogP contribution is 2.19. The molecule has 3 rings (SSSR count). The van der Waals surface area contributed by atoms with E-state index in [1.165, 1.54) is 11.0 Å². The molecule has 28 heavy (non-hydrogen) atoms. The number of carbonyl (C=O) groups excluding carboxylic acids is 2. The summed E-state index contributed by atoms with van der Waals surface area (Å²) in [5, 5.41) is 0.557. The van der Waals surface area contributed by atoms with Crippen molar-refractivity contribution in [2.45, 2.75) is 6.54 Å². The highest BCUT2D eigenvalue weighted by molar-refractivity contribution is 6.03. The summed E-state index contributed by atoms with van der Waals surface area (Å²) in [7, 11) is 3.18. The number of aromatic amines is 1. The van der Waals surface area contributed by atoms with Crippen molar-refractivity contribution in [3.63, 3.8) is 0 Å². The van der Waals surface area contributed by atoms with Crippen LogP contribution in [0.25, 0.3) is 10.9 Å². The van der Waals surface area contributed by atoms with Crippen molar-refractivity contribution in [1.29, 1.82) is 0 Å². The topological polar surface area (TPSA) is 88.7 Å². The highest BCUT2D eigenvalue weighted by atomic mass is 16.5. The third kappa shape index (κ3) is 4.20.